The van der Waals surface area contributed by atoms with E-state index in [1.165, 1.54) is 6.07 Å². The van der Waals surface area contributed by atoms with Gasteiger partial charge in [-0.25, -0.2) is 4.98 Å². The smallest absolute Gasteiger partial charge is 0.214 e. The molecule has 0 amide bonds. The van der Waals surface area contributed by atoms with E-state index in [1.54, 1.807) is 19.2 Å². The van der Waals surface area contributed by atoms with E-state index in [-0.39, 0.29) is 0 Å². The van der Waals surface area contributed by atoms with Crippen LogP contribution in [0.5, 0.6) is 5.75 Å². The molecule has 0 atom stereocenters. The van der Waals surface area contributed by atoms with Crippen molar-refractivity contribution >= 4 is 26.7 Å². The Labute approximate surface area is 88.8 Å². The summed E-state index contributed by atoms with van der Waals surface area (Å²) in [4.78, 5) is 3.67. The lowest BCUT2D eigenvalue weighted by Crippen LogP contribution is -1.87. The van der Waals surface area contributed by atoms with Crippen LogP contribution in [0.25, 0.3) is 10.8 Å². The summed E-state index contributed by atoms with van der Waals surface area (Å²) in [7, 11) is 1.59. The second-order valence-corrected chi connectivity index (χ2v) is 3.57. The Morgan fingerprint density at radius 3 is 2.86 bits per heavy atom. The second kappa shape index (κ2) is 3.53. The molecule has 2 aromatic rings. The molecule has 0 saturated heterocycles. The number of fused-ring (bicyclic) bond motifs is 1. The topological polar surface area (TPSA) is 22.1 Å². The van der Waals surface area contributed by atoms with Crippen molar-refractivity contribution in [3.05, 3.63) is 34.8 Å². The lowest BCUT2D eigenvalue weighted by Gasteiger charge is -2.03. The average molecular weight is 256 g/mol. The Kier molecular flexibility index (Phi) is 2.37. The van der Waals surface area contributed by atoms with Gasteiger partial charge in [0.15, 0.2) is 0 Å². The third-order valence-electron chi connectivity index (χ3n) is 1.96. The fourth-order valence-corrected chi connectivity index (χ4v) is 1.79. The van der Waals surface area contributed by atoms with Gasteiger partial charge in [-0.1, -0.05) is 6.07 Å². The minimum Gasteiger partial charge on any atom is -0.497 e. The van der Waals surface area contributed by atoms with Gasteiger partial charge in [0, 0.05) is 11.5 Å². The molecular formula is C10H7BrFNO. The molecule has 0 radical (unpaired) electrons. The molecular weight excluding hydrogens is 249 g/mol. The van der Waals surface area contributed by atoms with Crippen molar-refractivity contribution in [3.63, 3.8) is 0 Å². The first-order valence-electron chi connectivity index (χ1n) is 4.00. The number of hydrogen-bond donors (Lipinski definition) is 0. The van der Waals surface area contributed by atoms with Crippen molar-refractivity contribution < 1.29 is 9.13 Å². The van der Waals surface area contributed by atoms with E-state index >= 15 is 0 Å². The lowest BCUT2D eigenvalue weighted by molar-refractivity contribution is 0.415. The van der Waals surface area contributed by atoms with Gasteiger partial charge in [0.1, 0.15) is 10.4 Å². The van der Waals surface area contributed by atoms with E-state index in [2.05, 4.69) is 20.9 Å². The molecule has 0 unspecified atom stereocenters. The Hall–Kier alpha value is -1.16. The quantitative estimate of drug-likeness (QED) is 0.731. The van der Waals surface area contributed by atoms with Crippen LogP contribution in [0.15, 0.2) is 28.9 Å². The Balaban J connectivity index is 2.75. The van der Waals surface area contributed by atoms with Crippen molar-refractivity contribution in [3.8, 4) is 5.75 Å². The molecule has 1 heterocycles. The molecule has 0 aliphatic heterocycles. The maximum absolute atomic E-state index is 12.9. The first-order chi connectivity index (χ1) is 6.70. The monoisotopic (exact) mass is 255 g/mol. The van der Waals surface area contributed by atoms with Gasteiger partial charge in [0.05, 0.1) is 7.11 Å². The van der Waals surface area contributed by atoms with E-state index in [9.17, 15) is 4.39 Å². The van der Waals surface area contributed by atoms with Crippen LogP contribution in [-0.4, -0.2) is 12.1 Å². The summed E-state index contributed by atoms with van der Waals surface area (Å²) >= 11 is 3.20. The van der Waals surface area contributed by atoms with Crippen LogP contribution in [-0.2, 0) is 0 Å². The van der Waals surface area contributed by atoms with E-state index in [4.69, 9.17) is 4.74 Å². The van der Waals surface area contributed by atoms with Crippen LogP contribution < -0.4 is 4.74 Å². The highest BCUT2D eigenvalue weighted by Crippen LogP contribution is 2.26. The molecule has 1 aromatic carbocycles. The van der Waals surface area contributed by atoms with Crippen molar-refractivity contribution in [2.24, 2.45) is 0 Å². The Morgan fingerprint density at radius 1 is 1.36 bits per heavy atom. The molecule has 0 bridgehead atoms. The van der Waals surface area contributed by atoms with E-state index in [0.717, 1.165) is 16.5 Å². The maximum Gasteiger partial charge on any atom is 0.214 e. The number of benzene rings is 1. The molecule has 0 saturated carbocycles. The summed E-state index contributed by atoms with van der Waals surface area (Å²) < 4.78 is 18.5. The number of methoxy groups -OCH3 is 1. The number of halogens is 2. The number of nitrogens with zero attached hydrogens (tertiary/aromatic N) is 1. The predicted molar refractivity (Wildman–Crippen MR) is 56.0 cm³/mol. The van der Waals surface area contributed by atoms with Crippen molar-refractivity contribution in [2.45, 2.75) is 0 Å². The molecule has 0 spiro atoms. The van der Waals surface area contributed by atoms with Gasteiger partial charge in [-0.3, -0.25) is 0 Å². The zero-order valence-electron chi connectivity index (χ0n) is 7.42. The predicted octanol–water partition coefficient (Wildman–Crippen LogP) is 3.15. The number of pyridine rings is 1. The average Bonchev–Trinajstić information content (AvgIpc) is 2.17. The van der Waals surface area contributed by atoms with Crippen LogP contribution in [0.2, 0.25) is 0 Å². The highest BCUT2D eigenvalue weighted by atomic mass is 79.9. The molecule has 2 nitrogen and oxygen atoms in total. The van der Waals surface area contributed by atoms with Crippen LogP contribution in [0.3, 0.4) is 0 Å². The van der Waals surface area contributed by atoms with Crippen LogP contribution in [0.1, 0.15) is 0 Å². The van der Waals surface area contributed by atoms with Gasteiger partial charge in [0.25, 0.3) is 0 Å². The van der Waals surface area contributed by atoms with Crippen LogP contribution in [0, 0.1) is 5.95 Å². The number of rotatable bonds is 1. The fraction of sp³-hybridized carbons (Fsp3) is 0.100. The maximum atomic E-state index is 12.9. The standard InChI is InChI=1S/C10H7BrFNO/c1-14-7-3-2-6-4-9(12)13-10(11)8(6)5-7/h2-5H,1H3. The van der Waals surface area contributed by atoms with Gasteiger partial charge in [-0.15, -0.1) is 0 Å². The summed E-state index contributed by atoms with van der Waals surface area (Å²) in [6.45, 7) is 0. The van der Waals surface area contributed by atoms with Gasteiger partial charge in [-0.05, 0) is 33.4 Å². The zero-order valence-corrected chi connectivity index (χ0v) is 9.01. The number of ether oxygens (including phenoxy) is 1. The van der Waals surface area contributed by atoms with Gasteiger partial charge < -0.3 is 4.74 Å². The number of aromatic nitrogens is 1. The van der Waals surface area contributed by atoms with Crippen molar-refractivity contribution in [1.29, 1.82) is 0 Å². The van der Waals surface area contributed by atoms with E-state index in [0.29, 0.717) is 4.60 Å². The normalized spacial score (nSPS) is 10.5. The molecule has 0 aliphatic rings. The lowest BCUT2D eigenvalue weighted by atomic mass is 10.2. The van der Waals surface area contributed by atoms with Crippen LogP contribution in [0.4, 0.5) is 4.39 Å². The third-order valence-corrected chi connectivity index (χ3v) is 2.57. The summed E-state index contributed by atoms with van der Waals surface area (Å²) in [6, 6.07) is 6.78. The van der Waals surface area contributed by atoms with Crippen LogP contribution >= 0.6 is 15.9 Å². The van der Waals surface area contributed by atoms with E-state index in [1.807, 2.05) is 6.07 Å². The first kappa shape index (κ1) is 9.40. The SMILES string of the molecule is COc1ccc2cc(F)nc(Br)c2c1. The molecule has 72 valence electrons. The van der Waals surface area contributed by atoms with Gasteiger partial charge in [0.2, 0.25) is 5.95 Å². The summed E-state index contributed by atoms with van der Waals surface area (Å²) in [5, 5.41) is 1.64. The first-order valence-corrected chi connectivity index (χ1v) is 4.80. The summed E-state index contributed by atoms with van der Waals surface area (Å²) in [5.74, 6) is 0.237. The second-order valence-electron chi connectivity index (χ2n) is 2.82. The summed E-state index contributed by atoms with van der Waals surface area (Å²) in [6.07, 6.45) is 0. The molecule has 0 N–H and O–H groups in total. The Morgan fingerprint density at radius 2 is 2.14 bits per heavy atom. The van der Waals surface area contributed by atoms with Crippen molar-refractivity contribution in [2.75, 3.05) is 7.11 Å². The van der Waals surface area contributed by atoms with Crippen molar-refractivity contribution in [1.82, 2.24) is 4.98 Å². The summed E-state index contributed by atoms with van der Waals surface area (Å²) in [5.41, 5.74) is 0. The minimum absolute atomic E-state index is 0.491. The number of hydrogen-bond acceptors (Lipinski definition) is 2. The largest absolute Gasteiger partial charge is 0.497 e. The molecule has 0 fully saturated rings. The minimum atomic E-state index is -0.491. The highest BCUT2D eigenvalue weighted by molar-refractivity contribution is 9.10. The van der Waals surface area contributed by atoms with Gasteiger partial charge in [-0.2, -0.15) is 4.39 Å². The van der Waals surface area contributed by atoms with E-state index < -0.39 is 5.95 Å². The molecule has 2 rings (SSSR count). The molecule has 0 aliphatic carbocycles. The molecule has 1 aromatic heterocycles. The third kappa shape index (κ3) is 1.57. The highest BCUT2D eigenvalue weighted by Gasteiger charge is 2.04. The molecule has 14 heavy (non-hydrogen) atoms. The Bertz CT molecular complexity index is 487. The fourth-order valence-electron chi connectivity index (χ4n) is 1.28. The zero-order chi connectivity index (χ0) is 10.1. The van der Waals surface area contributed by atoms with Gasteiger partial charge >= 0.3 is 0 Å². The molecule has 4 heteroatoms.